The molecule has 1 unspecified atom stereocenters. The number of rotatable bonds is 3. The second-order valence-corrected chi connectivity index (χ2v) is 8.13. The predicted molar refractivity (Wildman–Crippen MR) is 81.1 cm³/mol. The molecular formula is C13H15BrN2O4S. The zero-order valence-electron chi connectivity index (χ0n) is 11.1. The SMILES string of the molecule is O=C(CC1CCS(=O)(=O)C1)NNC(=O)c1cccc(Br)c1. The van der Waals surface area contributed by atoms with Crippen LogP contribution in [0.3, 0.4) is 0 Å². The average Bonchev–Trinajstić information content (AvgIpc) is 2.75. The minimum atomic E-state index is -2.99. The molecule has 0 aliphatic carbocycles. The summed E-state index contributed by atoms with van der Waals surface area (Å²) in [5.41, 5.74) is 5.03. The molecule has 8 heteroatoms. The summed E-state index contributed by atoms with van der Waals surface area (Å²) < 4.78 is 23.4. The summed E-state index contributed by atoms with van der Waals surface area (Å²) in [5, 5.41) is 0. The number of nitrogens with one attached hydrogen (secondary N) is 2. The van der Waals surface area contributed by atoms with Crippen molar-refractivity contribution in [2.24, 2.45) is 5.92 Å². The fraction of sp³-hybridized carbons (Fsp3) is 0.385. The number of sulfone groups is 1. The highest BCUT2D eigenvalue weighted by Gasteiger charge is 2.29. The first kappa shape index (κ1) is 16.0. The van der Waals surface area contributed by atoms with Gasteiger partial charge in [0.1, 0.15) is 0 Å². The van der Waals surface area contributed by atoms with Crippen molar-refractivity contribution in [3.63, 3.8) is 0 Å². The van der Waals surface area contributed by atoms with Crippen molar-refractivity contribution in [2.75, 3.05) is 11.5 Å². The molecule has 1 aromatic carbocycles. The van der Waals surface area contributed by atoms with Crippen LogP contribution in [-0.4, -0.2) is 31.7 Å². The molecule has 1 aliphatic heterocycles. The van der Waals surface area contributed by atoms with Crippen molar-refractivity contribution in [3.8, 4) is 0 Å². The van der Waals surface area contributed by atoms with Gasteiger partial charge in [0.25, 0.3) is 5.91 Å². The summed E-state index contributed by atoms with van der Waals surface area (Å²) in [4.78, 5) is 23.5. The third kappa shape index (κ3) is 4.82. The lowest BCUT2D eigenvalue weighted by Gasteiger charge is -2.10. The van der Waals surface area contributed by atoms with E-state index in [4.69, 9.17) is 0 Å². The van der Waals surface area contributed by atoms with Crippen LogP contribution in [0.4, 0.5) is 0 Å². The van der Waals surface area contributed by atoms with Gasteiger partial charge < -0.3 is 0 Å². The summed E-state index contributed by atoms with van der Waals surface area (Å²) in [5.74, 6) is -0.808. The number of amides is 2. The highest BCUT2D eigenvalue weighted by Crippen LogP contribution is 2.21. The standard InChI is InChI=1S/C13H15BrN2O4S/c14-11-3-1-2-10(7-11)13(18)16-15-12(17)6-9-4-5-21(19,20)8-9/h1-3,7,9H,4-6,8H2,(H,15,17)(H,16,18). The van der Waals surface area contributed by atoms with E-state index in [1.165, 1.54) is 0 Å². The van der Waals surface area contributed by atoms with Crippen LogP contribution in [0.15, 0.2) is 28.7 Å². The first-order valence-corrected chi connectivity index (χ1v) is 9.02. The van der Waals surface area contributed by atoms with Crippen molar-refractivity contribution >= 4 is 37.6 Å². The van der Waals surface area contributed by atoms with Crippen molar-refractivity contribution in [2.45, 2.75) is 12.8 Å². The quantitative estimate of drug-likeness (QED) is 0.772. The monoisotopic (exact) mass is 374 g/mol. The largest absolute Gasteiger partial charge is 0.273 e. The van der Waals surface area contributed by atoms with Crippen LogP contribution < -0.4 is 10.9 Å². The third-order valence-corrected chi connectivity index (χ3v) is 5.53. The smallest absolute Gasteiger partial charge is 0.269 e. The van der Waals surface area contributed by atoms with E-state index in [0.29, 0.717) is 12.0 Å². The number of benzene rings is 1. The van der Waals surface area contributed by atoms with E-state index < -0.39 is 15.7 Å². The van der Waals surface area contributed by atoms with E-state index in [9.17, 15) is 18.0 Å². The van der Waals surface area contributed by atoms with Gasteiger partial charge in [-0.3, -0.25) is 20.4 Å². The van der Waals surface area contributed by atoms with E-state index in [0.717, 1.165) is 4.47 Å². The average molecular weight is 375 g/mol. The maximum atomic E-state index is 11.8. The first-order chi connectivity index (χ1) is 9.85. The first-order valence-electron chi connectivity index (χ1n) is 6.41. The van der Waals surface area contributed by atoms with Crippen LogP contribution >= 0.6 is 15.9 Å². The van der Waals surface area contributed by atoms with E-state index in [1.807, 2.05) is 0 Å². The third-order valence-electron chi connectivity index (χ3n) is 3.20. The van der Waals surface area contributed by atoms with Crippen molar-refractivity contribution in [1.82, 2.24) is 10.9 Å². The molecule has 1 saturated heterocycles. The minimum Gasteiger partial charge on any atom is -0.273 e. The summed E-state index contributed by atoms with van der Waals surface area (Å²) >= 11 is 3.26. The predicted octanol–water partition coefficient (Wildman–Crippen LogP) is 1.03. The number of hydrogen-bond acceptors (Lipinski definition) is 4. The summed E-state index contributed by atoms with van der Waals surface area (Å²) in [6.45, 7) is 0. The molecule has 114 valence electrons. The molecule has 1 atom stereocenters. The van der Waals surface area contributed by atoms with Gasteiger partial charge in [0, 0.05) is 16.5 Å². The molecule has 1 fully saturated rings. The Morgan fingerprint density at radius 2 is 2.05 bits per heavy atom. The second kappa shape index (κ2) is 6.57. The van der Waals surface area contributed by atoms with E-state index in [-0.39, 0.29) is 29.8 Å². The van der Waals surface area contributed by atoms with Gasteiger partial charge in [-0.25, -0.2) is 8.42 Å². The van der Waals surface area contributed by atoms with Crippen molar-refractivity contribution in [1.29, 1.82) is 0 Å². The zero-order valence-corrected chi connectivity index (χ0v) is 13.5. The minimum absolute atomic E-state index is 0.0417. The van der Waals surface area contributed by atoms with Gasteiger partial charge in [-0.2, -0.15) is 0 Å². The van der Waals surface area contributed by atoms with Crippen LogP contribution in [0.1, 0.15) is 23.2 Å². The van der Waals surface area contributed by atoms with Gasteiger partial charge in [0.15, 0.2) is 9.84 Å². The van der Waals surface area contributed by atoms with Gasteiger partial charge in [-0.1, -0.05) is 22.0 Å². The normalized spacial score (nSPS) is 20.0. The van der Waals surface area contributed by atoms with Crippen molar-refractivity contribution in [3.05, 3.63) is 34.3 Å². The molecule has 0 bridgehead atoms. The van der Waals surface area contributed by atoms with Gasteiger partial charge >= 0.3 is 0 Å². The number of hydrazine groups is 1. The van der Waals surface area contributed by atoms with Crippen molar-refractivity contribution < 1.29 is 18.0 Å². The summed E-state index contributed by atoms with van der Waals surface area (Å²) in [6, 6.07) is 6.75. The van der Waals surface area contributed by atoms with Crippen LogP contribution in [0, 0.1) is 5.92 Å². The van der Waals surface area contributed by atoms with E-state index >= 15 is 0 Å². The topological polar surface area (TPSA) is 92.3 Å². The summed E-state index contributed by atoms with van der Waals surface area (Å²) in [7, 11) is -2.99. The van der Waals surface area contributed by atoms with Gasteiger partial charge in [-0.15, -0.1) is 0 Å². The lowest BCUT2D eigenvalue weighted by Crippen LogP contribution is -2.42. The molecule has 6 nitrogen and oxygen atoms in total. The Morgan fingerprint density at radius 3 is 2.67 bits per heavy atom. The Kier molecular flexibility index (Phi) is 5.00. The fourth-order valence-electron chi connectivity index (χ4n) is 2.17. The Bertz CT molecular complexity index is 660. The van der Waals surface area contributed by atoms with Crippen LogP contribution in [0.2, 0.25) is 0 Å². The van der Waals surface area contributed by atoms with E-state index in [1.54, 1.807) is 24.3 Å². The molecule has 1 heterocycles. The van der Waals surface area contributed by atoms with Gasteiger partial charge in [-0.05, 0) is 30.5 Å². The zero-order chi connectivity index (χ0) is 15.5. The molecule has 1 aliphatic rings. The second-order valence-electron chi connectivity index (χ2n) is 4.99. The molecule has 0 saturated carbocycles. The Morgan fingerprint density at radius 1 is 1.29 bits per heavy atom. The number of halogens is 1. The lowest BCUT2D eigenvalue weighted by molar-refractivity contribution is -0.122. The Labute approximate surface area is 131 Å². The van der Waals surface area contributed by atoms with Crippen LogP contribution in [0.5, 0.6) is 0 Å². The Balaban J connectivity index is 1.80. The molecular weight excluding hydrogens is 360 g/mol. The molecule has 2 amide bonds. The molecule has 2 N–H and O–H groups in total. The molecule has 21 heavy (non-hydrogen) atoms. The number of hydrogen-bond donors (Lipinski definition) is 2. The maximum Gasteiger partial charge on any atom is 0.269 e. The molecule has 1 aromatic rings. The molecule has 0 aromatic heterocycles. The van der Waals surface area contributed by atoms with Gasteiger partial charge in [0.2, 0.25) is 5.91 Å². The summed E-state index contributed by atoms with van der Waals surface area (Å²) in [6.07, 6.45) is 0.591. The molecule has 2 rings (SSSR count). The number of carbonyl (C=O) groups excluding carboxylic acids is 2. The maximum absolute atomic E-state index is 11.8. The molecule has 0 spiro atoms. The van der Waals surface area contributed by atoms with Crippen LogP contribution in [-0.2, 0) is 14.6 Å². The van der Waals surface area contributed by atoms with Crippen LogP contribution in [0.25, 0.3) is 0 Å². The fourth-order valence-corrected chi connectivity index (χ4v) is 4.44. The molecule has 0 radical (unpaired) electrons. The number of carbonyl (C=O) groups is 2. The highest BCUT2D eigenvalue weighted by molar-refractivity contribution is 9.10. The van der Waals surface area contributed by atoms with E-state index in [2.05, 4.69) is 26.8 Å². The highest BCUT2D eigenvalue weighted by atomic mass is 79.9. The lowest BCUT2D eigenvalue weighted by atomic mass is 10.1. The Hall–Kier alpha value is -1.41. The van der Waals surface area contributed by atoms with Gasteiger partial charge in [0.05, 0.1) is 11.5 Å².